The Hall–Kier alpha value is -1.55. The first-order chi connectivity index (χ1) is 8.08. The Kier molecular flexibility index (Phi) is 3.33. The summed E-state index contributed by atoms with van der Waals surface area (Å²) in [5, 5.41) is 0. The minimum absolute atomic E-state index is 0.191. The molecule has 0 saturated carbocycles. The third-order valence-corrected chi connectivity index (χ3v) is 2.91. The minimum Gasteiger partial charge on any atom is -0.289 e. The van der Waals surface area contributed by atoms with E-state index in [-0.39, 0.29) is 15.6 Å². The molecule has 0 bridgehead atoms. The van der Waals surface area contributed by atoms with E-state index in [1.165, 1.54) is 30.3 Å². The van der Waals surface area contributed by atoms with Gasteiger partial charge >= 0.3 is 0 Å². The van der Waals surface area contributed by atoms with Crippen LogP contribution in [0.3, 0.4) is 0 Å². The van der Waals surface area contributed by atoms with E-state index in [0.717, 1.165) is 12.1 Å². The van der Waals surface area contributed by atoms with Crippen molar-refractivity contribution >= 4 is 21.7 Å². The highest BCUT2D eigenvalue weighted by molar-refractivity contribution is 9.10. The van der Waals surface area contributed by atoms with Crippen LogP contribution in [-0.2, 0) is 0 Å². The second kappa shape index (κ2) is 4.75. The molecular weight excluding hydrogens is 290 g/mol. The van der Waals surface area contributed by atoms with Crippen molar-refractivity contribution in [2.75, 3.05) is 0 Å². The van der Waals surface area contributed by atoms with Gasteiger partial charge in [0.1, 0.15) is 11.6 Å². The quantitative estimate of drug-likeness (QED) is 0.767. The second-order valence-corrected chi connectivity index (χ2v) is 4.32. The van der Waals surface area contributed by atoms with Gasteiger partial charge in [0.25, 0.3) is 0 Å². The Morgan fingerprint density at radius 2 is 1.71 bits per heavy atom. The first-order valence-electron chi connectivity index (χ1n) is 4.83. The van der Waals surface area contributed by atoms with E-state index in [9.17, 15) is 13.6 Å². The number of carbonyl (C=O) groups is 1. The second-order valence-electron chi connectivity index (χ2n) is 3.47. The molecule has 86 valence electrons. The lowest BCUT2D eigenvalue weighted by molar-refractivity contribution is 0.103. The van der Waals surface area contributed by atoms with Gasteiger partial charge in [-0.3, -0.25) is 4.79 Å². The summed E-state index contributed by atoms with van der Waals surface area (Å²) in [6.45, 7) is 0. The van der Waals surface area contributed by atoms with Crippen molar-refractivity contribution in [3.8, 4) is 0 Å². The summed E-state index contributed by atoms with van der Waals surface area (Å²) >= 11 is 3.00. The summed E-state index contributed by atoms with van der Waals surface area (Å²) in [7, 11) is 0. The maximum absolute atomic E-state index is 13.3. The monoisotopic (exact) mass is 296 g/mol. The molecule has 0 heterocycles. The number of ketones is 1. The summed E-state index contributed by atoms with van der Waals surface area (Å²) < 4.78 is 26.5. The lowest BCUT2D eigenvalue weighted by Gasteiger charge is -2.02. The van der Waals surface area contributed by atoms with Gasteiger partial charge in [-0.25, -0.2) is 8.78 Å². The molecule has 0 unspecified atom stereocenters. The molecule has 0 atom stereocenters. The van der Waals surface area contributed by atoms with Crippen molar-refractivity contribution in [2.45, 2.75) is 0 Å². The van der Waals surface area contributed by atoms with Crippen molar-refractivity contribution in [1.29, 1.82) is 0 Å². The van der Waals surface area contributed by atoms with Crippen LogP contribution in [0.2, 0.25) is 0 Å². The molecule has 0 amide bonds. The molecule has 2 aromatic carbocycles. The van der Waals surface area contributed by atoms with E-state index in [4.69, 9.17) is 0 Å². The average molecular weight is 297 g/mol. The van der Waals surface area contributed by atoms with Crippen molar-refractivity contribution in [2.24, 2.45) is 0 Å². The van der Waals surface area contributed by atoms with E-state index in [0.29, 0.717) is 0 Å². The van der Waals surface area contributed by atoms with Crippen LogP contribution in [0.4, 0.5) is 8.78 Å². The summed E-state index contributed by atoms with van der Waals surface area (Å²) in [6, 6.07) is 9.37. The van der Waals surface area contributed by atoms with Crippen LogP contribution < -0.4 is 0 Å². The minimum atomic E-state index is -0.521. The predicted octanol–water partition coefficient (Wildman–Crippen LogP) is 3.96. The summed E-state index contributed by atoms with van der Waals surface area (Å²) in [6.07, 6.45) is 0. The van der Waals surface area contributed by atoms with Crippen LogP contribution in [0.5, 0.6) is 0 Å². The van der Waals surface area contributed by atoms with Crippen molar-refractivity contribution < 1.29 is 13.6 Å². The highest BCUT2D eigenvalue weighted by atomic mass is 79.9. The maximum atomic E-state index is 13.3. The standard InChI is InChI=1S/C13H7BrF2O/c14-11-5-4-9(7-12(11)16)13(17)8-2-1-3-10(15)6-8/h1-7H. The summed E-state index contributed by atoms with van der Waals surface area (Å²) in [4.78, 5) is 11.9. The van der Waals surface area contributed by atoms with Crippen LogP contribution in [0.25, 0.3) is 0 Å². The zero-order valence-electron chi connectivity index (χ0n) is 8.58. The van der Waals surface area contributed by atoms with E-state index in [2.05, 4.69) is 15.9 Å². The lowest BCUT2D eigenvalue weighted by Crippen LogP contribution is -2.02. The van der Waals surface area contributed by atoms with Crippen LogP contribution in [0.1, 0.15) is 15.9 Å². The molecular formula is C13H7BrF2O. The number of rotatable bonds is 2. The van der Waals surface area contributed by atoms with E-state index >= 15 is 0 Å². The fourth-order valence-electron chi connectivity index (χ4n) is 1.43. The fraction of sp³-hybridized carbons (Fsp3) is 0. The van der Waals surface area contributed by atoms with Crippen LogP contribution in [-0.4, -0.2) is 5.78 Å². The number of hydrogen-bond donors (Lipinski definition) is 0. The van der Waals surface area contributed by atoms with Crippen molar-refractivity contribution in [1.82, 2.24) is 0 Å². The number of benzene rings is 2. The van der Waals surface area contributed by atoms with Gasteiger partial charge in [-0.2, -0.15) is 0 Å². The van der Waals surface area contributed by atoms with E-state index in [1.807, 2.05) is 0 Å². The molecule has 0 aliphatic rings. The molecule has 2 aromatic rings. The van der Waals surface area contributed by atoms with Gasteiger partial charge in [0.2, 0.25) is 0 Å². The van der Waals surface area contributed by atoms with Gasteiger partial charge in [-0.15, -0.1) is 0 Å². The highest BCUT2D eigenvalue weighted by Gasteiger charge is 2.11. The molecule has 0 aliphatic carbocycles. The molecule has 0 aliphatic heterocycles. The molecule has 0 radical (unpaired) electrons. The zero-order chi connectivity index (χ0) is 12.4. The molecule has 0 aromatic heterocycles. The Morgan fingerprint density at radius 3 is 2.35 bits per heavy atom. The van der Waals surface area contributed by atoms with E-state index in [1.54, 1.807) is 0 Å². The molecule has 0 fully saturated rings. The maximum Gasteiger partial charge on any atom is 0.193 e. The van der Waals surface area contributed by atoms with Gasteiger partial charge in [0.15, 0.2) is 5.78 Å². The number of hydrogen-bond acceptors (Lipinski definition) is 1. The molecule has 2 rings (SSSR count). The Balaban J connectivity index is 2.40. The van der Waals surface area contributed by atoms with Gasteiger partial charge in [0.05, 0.1) is 4.47 Å². The molecule has 0 spiro atoms. The SMILES string of the molecule is O=C(c1cccc(F)c1)c1ccc(Br)c(F)c1. The van der Waals surface area contributed by atoms with Crippen LogP contribution in [0, 0.1) is 11.6 Å². The van der Waals surface area contributed by atoms with Crippen LogP contribution in [0.15, 0.2) is 46.9 Å². The molecule has 17 heavy (non-hydrogen) atoms. The summed E-state index contributed by atoms with van der Waals surface area (Å²) in [5.74, 6) is -1.42. The topological polar surface area (TPSA) is 17.1 Å². The largest absolute Gasteiger partial charge is 0.289 e. The molecule has 4 heteroatoms. The smallest absolute Gasteiger partial charge is 0.193 e. The van der Waals surface area contributed by atoms with Gasteiger partial charge < -0.3 is 0 Å². The van der Waals surface area contributed by atoms with Crippen molar-refractivity contribution in [3.05, 3.63) is 69.7 Å². The number of halogens is 3. The predicted molar refractivity (Wildman–Crippen MR) is 63.9 cm³/mol. The van der Waals surface area contributed by atoms with Crippen LogP contribution >= 0.6 is 15.9 Å². The first-order valence-corrected chi connectivity index (χ1v) is 5.62. The molecule has 0 N–H and O–H groups in total. The summed E-state index contributed by atoms with van der Waals surface area (Å²) in [5.41, 5.74) is 0.392. The van der Waals surface area contributed by atoms with E-state index < -0.39 is 17.4 Å². The Labute approximate surface area is 105 Å². The Bertz CT molecular complexity index is 581. The van der Waals surface area contributed by atoms with Gasteiger partial charge in [0, 0.05) is 11.1 Å². The highest BCUT2D eigenvalue weighted by Crippen LogP contribution is 2.18. The average Bonchev–Trinajstić information content (AvgIpc) is 2.32. The third kappa shape index (κ3) is 2.58. The molecule has 0 saturated heterocycles. The normalized spacial score (nSPS) is 10.3. The van der Waals surface area contributed by atoms with Gasteiger partial charge in [-0.1, -0.05) is 12.1 Å². The number of carbonyl (C=O) groups excluding carboxylic acids is 1. The first kappa shape index (κ1) is 11.9. The Morgan fingerprint density at radius 1 is 1.00 bits per heavy atom. The third-order valence-electron chi connectivity index (χ3n) is 2.27. The van der Waals surface area contributed by atoms with Gasteiger partial charge in [-0.05, 0) is 46.3 Å². The zero-order valence-corrected chi connectivity index (χ0v) is 10.2. The van der Waals surface area contributed by atoms with Crippen molar-refractivity contribution in [3.63, 3.8) is 0 Å². The molecule has 1 nitrogen and oxygen atoms in total. The fourth-order valence-corrected chi connectivity index (χ4v) is 1.68. The lowest BCUT2D eigenvalue weighted by atomic mass is 10.0.